The van der Waals surface area contributed by atoms with Gasteiger partial charge in [-0.05, 0) is 93.8 Å². The summed E-state index contributed by atoms with van der Waals surface area (Å²) in [6.07, 6.45) is 7.22. The highest BCUT2D eigenvalue weighted by Gasteiger charge is 2.53. The Morgan fingerprint density at radius 2 is 1.46 bits per heavy atom. The van der Waals surface area contributed by atoms with E-state index in [-0.39, 0.29) is 24.4 Å². The Kier molecular flexibility index (Phi) is 5.35. The van der Waals surface area contributed by atoms with Gasteiger partial charge in [0, 0.05) is 0 Å². The molecule has 26 heavy (non-hydrogen) atoms. The van der Waals surface area contributed by atoms with E-state index in [9.17, 15) is 13.2 Å². The van der Waals surface area contributed by atoms with Crippen LogP contribution in [0, 0.1) is 23.2 Å². The highest BCUT2D eigenvalue weighted by molar-refractivity contribution is 5.03. The van der Waals surface area contributed by atoms with E-state index in [1.165, 1.54) is 38.5 Å². The number of hydrogen-bond donors (Lipinski definition) is 0. The molecule has 0 aromatic carbocycles. The maximum absolute atomic E-state index is 13.8. The highest BCUT2D eigenvalue weighted by atomic mass is 19.2. The van der Waals surface area contributed by atoms with Gasteiger partial charge >= 0.3 is 0 Å². The summed E-state index contributed by atoms with van der Waals surface area (Å²) < 4.78 is 47.5. The molecule has 5 rings (SSSR count). The summed E-state index contributed by atoms with van der Waals surface area (Å²) >= 11 is 0. The van der Waals surface area contributed by atoms with Crippen LogP contribution in [0.2, 0.25) is 0 Å². The van der Waals surface area contributed by atoms with E-state index in [1.807, 2.05) is 0 Å². The van der Waals surface area contributed by atoms with Crippen molar-refractivity contribution in [3.05, 3.63) is 0 Å². The Labute approximate surface area is 156 Å². The van der Waals surface area contributed by atoms with Gasteiger partial charge in [0.1, 0.15) is 12.3 Å². The Hall–Kier alpha value is -0.250. The molecular weight excluding hydrogens is 337 g/mol. The smallest absolute Gasteiger partial charge is 0.162 e. The Bertz CT molecular complexity index is 451. The number of rotatable bonds is 4. The SMILES string of the molecule is CCCC12CCC(C3CCC(C4CC(F)C(F)C(F)C4)CC3)(CC1)OC2. The topological polar surface area (TPSA) is 9.23 Å². The van der Waals surface area contributed by atoms with E-state index in [1.54, 1.807) is 0 Å². The lowest BCUT2D eigenvalue weighted by molar-refractivity contribution is -0.216. The van der Waals surface area contributed by atoms with E-state index in [0.29, 0.717) is 17.3 Å². The summed E-state index contributed by atoms with van der Waals surface area (Å²) in [7, 11) is 0. The average Bonchev–Trinajstić information content (AvgIpc) is 2.67. The number of halogens is 3. The first-order valence-electron chi connectivity index (χ1n) is 11.0. The molecule has 2 heterocycles. The molecule has 0 aromatic rings. The molecule has 2 bridgehead atoms. The van der Waals surface area contributed by atoms with Gasteiger partial charge in [-0.3, -0.25) is 0 Å². The lowest BCUT2D eigenvalue weighted by Crippen LogP contribution is -2.55. The van der Waals surface area contributed by atoms with Crippen LogP contribution in [0.5, 0.6) is 0 Å². The molecule has 0 amide bonds. The molecule has 2 saturated heterocycles. The van der Waals surface area contributed by atoms with Crippen molar-refractivity contribution in [2.24, 2.45) is 23.2 Å². The zero-order valence-electron chi connectivity index (χ0n) is 16.2. The molecule has 150 valence electrons. The standard InChI is InChI=1S/C22H35F3O/c1-2-7-21-8-10-22(11-9-21,26-14-21)17-5-3-15(4-6-17)16-12-18(23)20(25)19(24)13-16/h15-20H,2-14H2,1H3. The van der Waals surface area contributed by atoms with Crippen molar-refractivity contribution in [1.29, 1.82) is 0 Å². The summed E-state index contributed by atoms with van der Waals surface area (Å²) in [5, 5.41) is 0. The summed E-state index contributed by atoms with van der Waals surface area (Å²) in [5.74, 6) is 1.01. The van der Waals surface area contributed by atoms with Crippen molar-refractivity contribution in [3.63, 3.8) is 0 Å². The molecule has 0 spiro atoms. The van der Waals surface area contributed by atoms with E-state index < -0.39 is 18.5 Å². The first kappa shape index (κ1) is 19.1. The summed E-state index contributed by atoms with van der Waals surface area (Å²) in [6, 6.07) is 0. The maximum atomic E-state index is 13.8. The fourth-order valence-electron chi connectivity index (χ4n) is 6.83. The first-order valence-corrected chi connectivity index (χ1v) is 11.0. The van der Waals surface area contributed by atoms with Crippen LogP contribution in [-0.2, 0) is 4.74 Å². The third-order valence-electron chi connectivity index (χ3n) is 8.53. The van der Waals surface area contributed by atoms with Gasteiger partial charge in [-0.2, -0.15) is 0 Å². The van der Waals surface area contributed by atoms with E-state index in [2.05, 4.69) is 6.92 Å². The van der Waals surface area contributed by atoms with Crippen LogP contribution in [0.15, 0.2) is 0 Å². The predicted molar refractivity (Wildman–Crippen MR) is 97.4 cm³/mol. The van der Waals surface area contributed by atoms with Crippen LogP contribution in [0.4, 0.5) is 13.2 Å². The van der Waals surface area contributed by atoms with Crippen molar-refractivity contribution in [2.75, 3.05) is 6.61 Å². The zero-order chi connectivity index (χ0) is 18.4. The molecular formula is C22H35F3O. The van der Waals surface area contributed by atoms with Crippen molar-refractivity contribution in [3.8, 4) is 0 Å². The van der Waals surface area contributed by atoms with Gasteiger partial charge in [0.2, 0.25) is 0 Å². The Balaban J connectivity index is 1.32. The van der Waals surface area contributed by atoms with Crippen molar-refractivity contribution in [2.45, 2.75) is 108 Å². The summed E-state index contributed by atoms with van der Waals surface area (Å²) in [4.78, 5) is 0. The lowest BCUT2D eigenvalue weighted by Gasteiger charge is -2.57. The monoisotopic (exact) mass is 372 g/mol. The van der Waals surface area contributed by atoms with Crippen molar-refractivity contribution in [1.82, 2.24) is 0 Å². The van der Waals surface area contributed by atoms with Gasteiger partial charge in [0.05, 0.1) is 12.2 Å². The molecule has 2 atom stereocenters. The molecule has 1 nitrogen and oxygen atoms in total. The zero-order valence-corrected chi connectivity index (χ0v) is 16.2. The molecule has 0 radical (unpaired) electrons. The lowest BCUT2D eigenvalue weighted by atomic mass is 9.58. The number of fused-ring (bicyclic) bond motifs is 3. The number of ether oxygens (including phenoxy) is 1. The molecule has 2 aliphatic heterocycles. The molecule has 2 unspecified atom stereocenters. The van der Waals surface area contributed by atoms with E-state index in [4.69, 9.17) is 4.74 Å². The minimum absolute atomic E-state index is 0.0290. The molecule has 3 aliphatic carbocycles. The van der Waals surface area contributed by atoms with Gasteiger partial charge < -0.3 is 4.74 Å². The molecule has 5 fully saturated rings. The van der Waals surface area contributed by atoms with Crippen LogP contribution in [0.25, 0.3) is 0 Å². The normalized spacial score (nSPS) is 52.2. The average molecular weight is 373 g/mol. The second-order valence-electron chi connectivity index (χ2n) is 9.92. The third kappa shape index (κ3) is 3.33. The van der Waals surface area contributed by atoms with Crippen LogP contribution in [0.1, 0.15) is 84.0 Å². The molecule has 5 aliphatic rings. The Morgan fingerprint density at radius 1 is 0.846 bits per heavy atom. The van der Waals surface area contributed by atoms with E-state index in [0.717, 1.165) is 32.3 Å². The van der Waals surface area contributed by atoms with Crippen LogP contribution in [-0.4, -0.2) is 30.7 Å². The minimum Gasteiger partial charge on any atom is -0.374 e. The second-order valence-corrected chi connectivity index (χ2v) is 9.92. The predicted octanol–water partition coefficient (Wildman–Crippen LogP) is 6.35. The van der Waals surface area contributed by atoms with Gasteiger partial charge in [0.25, 0.3) is 0 Å². The summed E-state index contributed by atoms with van der Waals surface area (Å²) in [5.41, 5.74) is 0.535. The molecule has 0 aromatic heterocycles. The second kappa shape index (κ2) is 7.29. The van der Waals surface area contributed by atoms with Gasteiger partial charge in [-0.25, -0.2) is 13.2 Å². The van der Waals surface area contributed by atoms with Crippen molar-refractivity contribution >= 4 is 0 Å². The maximum Gasteiger partial charge on any atom is 0.162 e. The quantitative estimate of drug-likeness (QED) is 0.559. The highest BCUT2D eigenvalue weighted by Crippen LogP contribution is 2.57. The first-order chi connectivity index (χ1) is 12.5. The van der Waals surface area contributed by atoms with Crippen LogP contribution in [0.3, 0.4) is 0 Å². The molecule has 3 saturated carbocycles. The van der Waals surface area contributed by atoms with Gasteiger partial charge in [-0.15, -0.1) is 0 Å². The molecule has 4 heteroatoms. The minimum atomic E-state index is -1.90. The number of alkyl halides is 3. The van der Waals surface area contributed by atoms with E-state index >= 15 is 0 Å². The third-order valence-corrected chi connectivity index (χ3v) is 8.53. The van der Waals surface area contributed by atoms with Gasteiger partial charge in [-0.1, -0.05) is 13.3 Å². The van der Waals surface area contributed by atoms with Gasteiger partial charge in [0.15, 0.2) is 6.17 Å². The van der Waals surface area contributed by atoms with Crippen molar-refractivity contribution < 1.29 is 17.9 Å². The Morgan fingerprint density at radius 3 is 1.96 bits per heavy atom. The fourth-order valence-corrected chi connectivity index (χ4v) is 6.83. The largest absolute Gasteiger partial charge is 0.374 e. The van der Waals surface area contributed by atoms with Crippen LogP contribution < -0.4 is 0 Å². The number of hydrogen-bond acceptors (Lipinski definition) is 1. The summed E-state index contributed by atoms with van der Waals surface area (Å²) in [6.45, 7) is 3.21. The van der Waals surface area contributed by atoms with Crippen LogP contribution >= 0.6 is 0 Å². The fraction of sp³-hybridized carbons (Fsp3) is 1.00. The molecule has 0 N–H and O–H groups in total.